The van der Waals surface area contributed by atoms with Gasteiger partial charge in [-0.2, -0.15) is 0 Å². The second-order valence-electron chi connectivity index (χ2n) is 4.60. The lowest BCUT2D eigenvalue weighted by atomic mass is 9.90. The zero-order chi connectivity index (χ0) is 12.4. The van der Waals surface area contributed by atoms with Crippen LogP contribution in [0, 0.1) is 0 Å². The van der Waals surface area contributed by atoms with Crippen LogP contribution in [-0.4, -0.2) is 17.1 Å². The van der Waals surface area contributed by atoms with Crippen LogP contribution in [0.1, 0.15) is 23.2 Å². The van der Waals surface area contributed by atoms with Gasteiger partial charge in [-0.05, 0) is 36.1 Å². The fourth-order valence-electron chi connectivity index (χ4n) is 2.41. The first-order valence-corrected chi connectivity index (χ1v) is 6.19. The Labute approximate surface area is 107 Å². The molecule has 0 amide bonds. The highest BCUT2D eigenvalue weighted by atomic mass is 16.5. The molecule has 0 bridgehead atoms. The van der Waals surface area contributed by atoms with Gasteiger partial charge < -0.3 is 9.72 Å². The summed E-state index contributed by atoms with van der Waals surface area (Å²) in [6.45, 7) is 0. The number of aryl methyl sites for hydroxylation is 1. The molecular weight excluding hydrogens is 224 g/mol. The summed E-state index contributed by atoms with van der Waals surface area (Å²) in [5.74, 6) is 0.943. The van der Waals surface area contributed by atoms with E-state index in [2.05, 4.69) is 28.2 Å². The number of imidazole rings is 1. The molecule has 0 atom stereocenters. The monoisotopic (exact) mass is 240 g/mol. The Kier molecular flexibility index (Phi) is 2.89. The van der Waals surface area contributed by atoms with Crippen molar-refractivity contribution in [2.75, 3.05) is 7.11 Å². The minimum Gasteiger partial charge on any atom is -0.497 e. The van der Waals surface area contributed by atoms with E-state index in [0.717, 1.165) is 30.7 Å². The molecule has 0 radical (unpaired) electrons. The number of aromatic amines is 1. The molecule has 3 heteroatoms. The first-order chi connectivity index (χ1) is 8.85. The quantitative estimate of drug-likeness (QED) is 0.895. The van der Waals surface area contributed by atoms with Crippen molar-refractivity contribution in [3.63, 3.8) is 0 Å². The van der Waals surface area contributed by atoms with E-state index in [9.17, 15) is 0 Å². The largest absolute Gasteiger partial charge is 0.497 e. The number of ether oxygens (including phenoxy) is 1. The molecule has 92 valence electrons. The molecule has 3 rings (SSSR count). The van der Waals surface area contributed by atoms with Crippen molar-refractivity contribution in [2.24, 2.45) is 0 Å². The van der Waals surface area contributed by atoms with Crippen LogP contribution in [0.25, 0.3) is 6.08 Å². The third-order valence-electron chi connectivity index (χ3n) is 3.39. The molecule has 0 spiro atoms. The smallest absolute Gasteiger partial charge is 0.119 e. The minimum atomic E-state index is 0.939. The summed E-state index contributed by atoms with van der Waals surface area (Å²) in [7, 11) is 1.71. The van der Waals surface area contributed by atoms with E-state index in [-0.39, 0.29) is 0 Å². The van der Waals surface area contributed by atoms with Gasteiger partial charge in [0.1, 0.15) is 5.75 Å². The number of H-pyrrole nitrogens is 1. The average molecular weight is 240 g/mol. The highest BCUT2D eigenvalue weighted by Crippen LogP contribution is 2.28. The van der Waals surface area contributed by atoms with Crippen LogP contribution < -0.4 is 4.74 Å². The summed E-state index contributed by atoms with van der Waals surface area (Å²) in [6, 6.07) is 6.29. The van der Waals surface area contributed by atoms with Gasteiger partial charge in [0.2, 0.25) is 0 Å². The Morgan fingerprint density at radius 1 is 1.33 bits per heavy atom. The van der Waals surface area contributed by atoms with Crippen LogP contribution in [0.5, 0.6) is 5.75 Å². The molecule has 1 heterocycles. The SMILES string of the molecule is COc1ccc2c(c1)CCC(Cc1c[nH]cn1)=C2. The molecule has 1 N–H and O–H groups in total. The number of hydrogen-bond donors (Lipinski definition) is 1. The average Bonchev–Trinajstić information content (AvgIpc) is 2.91. The fraction of sp³-hybridized carbons (Fsp3) is 0.267. The summed E-state index contributed by atoms with van der Waals surface area (Å²) in [4.78, 5) is 7.28. The Morgan fingerprint density at radius 2 is 2.28 bits per heavy atom. The lowest BCUT2D eigenvalue weighted by molar-refractivity contribution is 0.414. The molecular formula is C15H16N2O. The number of nitrogens with zero attached hydrogens (tertiary/aromatic N) is 1. The molecule has 1 aliphatic carbocycles. The van der Waals surface area contributed by atoms with Gasteiger partial charge in [-0.15, -0.1) is 0 Å². The first-order valence-electron chi connectivity index (χ1n) is 6.19. The lowest BCUT2D eigenvalue weighted by Gasteiger charge is -2.16. The van der Waals surface area contributed by atoms with E-state index in [0.29, 0.717) is 0 Å². The molecule has 1 aliphatic rings. The standard InChI is InChI=1S/C15H16N2O/c1-18-15-5-4-12-6-11(2-3-13(12)8-15)7-14-9-16-10-17-14/h4-6,8-10H,2-3,7H2,1H3,(H,16,17). The molecule has 0 fully saturated rings. The number of rotatable bonds is 3. The second kappa shape index (κ2) is 4.69. The van der Waals surface area contributed by atoms with Gasteiger partial charge in [0, 0.05) is 12.6 Å². The third kappa shape index (κ3) is 2.16. The molecule has 3 nitrogen and oxygen atoms in total. The maximum atomic E-state index is 5.26. The first kappa shape index (κ1) is 11.1. The number of methoxy groups -OCH3 is 1. The predicted molar refractivity (Wildman–Crippen MR) is 71.6 cm³/mol. The van der Waals surface area contributed by atoms with Gasteiger partial charge >= 0.3 is 0 Å². The summed E-state index contributed by atoms with van der Waals surface area (Å²) >= 11 is 0. The molecule has 0 unspecified atom stereocenters. The predicted octanol–water partition coefficient (Wildman–Crippen LogP) is 2.99. The minimum absolute atomic E-state index is 0.939. The maximum Gasteiger partial charge on any atom is 0.119 e. The van der Waals surface area contributed by atoms with Crippen LogP contribution in [-0.2, 0) is 12.8 Å². The van der Waals surface area contributed by atoms with Crippen molar-refractivity contribution in [1.82, 2.24) is 9.97 Å². The number of hydrogen-bond acceptors (Lipinski definition) is 2. The van der Waals surface area contributed by atoms with E-state index < -0.39 is 0 Å². The summed E-state index contributed by atoms with van der Waals surface area (Å²) in [5, 5.41) is 0. The summed E-state index contributed by atoms with van der Waals surface area (Å²) in [5.41, 5.74) is 5.24. The topological polar surface area (TPSA) is 37.9 Å². The van der Waals surface area contributed by atoms with Crippen LogP contribution in [0.15, 0.2) is 36.3 Å². The van der Waals surface area contributed by atoms with Gasteiger partial charge in [0.25, 0.3) is 0 Å². The van der Waals surface area contributed by atoms with Gasteiger partial charge in [-0.1, -0.05) is 17.7 Å². The van der Waals surface area contributed by atoms with Crippen LogP contribution >= 0.6 is 0 Å². The van der Waals surface area contributed by atoms with Gasteiger partial charge in [-0.3, -0.25) is 0 Å². The maximum absolute atomic E-state index is 5.26. The Hall–Kier alpha value is -2.03. The molecule has 2 aromatic rings. The number of aromatic nitrogens is 2. The zero-order valence-electron chi connectivity index (χ0n) is 10.4. The molecule has 0 saturated heterocycles. The highest BCUT2D eigenvalue weighted by molar-refractivity contribution is 5.61. The van der Waals surface area contributed by atoms with Crippen molar-refractivity contribution in [1.29, 1.82) is 0 Å². The Balaban J connectivity index is 1.85. The number of nitrogens with one attached hydrogen (secondary N) is 1. The molecule has 0 aliphatic heterocycles. The molecule has 1 aromatic heterocycles. The van der Waals surface area contributed by atoms with Crippen LogP contribution in [0.2, 0.25) is 0 Å². The summed E-state index contributed by atoms with van der Waals surface area (Å²) in [6.07, 6.45) is 9.11. The van der Waals surface area contributed by atoms with Crippen molar-refractivity contribution in [2.45, 2.75) is 19.3 Å². The van der Waals surface area contributed by atoms with Gasteiger partial charge in [-0.25, -0.2) is 4.98 Å². The van der Waals surface area contributed by atoms with Crippen molar-refractivity contribution in [3.05, 3.63) is 53.1 Å². The third-order valence-corrected chi connectivity index (χ3v) is 3.39. The van der Waals surface area contributed by atoms with Gasteiger partial charge in [0.15, 0.2) is 0 Å². The van der Waals surface area contributed by atoms with Crippen molar-refractivity contribution in [3.8, 4) is 5.75 Å². The fourth-order valence-corrected chi connectivity index (χ4v) is 2.41. The van der Waals surface area contributed by atoms with Gasteiger partial charge in [0.05, 0.1) is 19.1 Å². The van der Waals surface area contributed by atoms with Crippen molar-refractivity contribution >= 4 is 6.08 Å². The molecule has 0 saturated carbocycles. The van der Waals surface area contributed by atoms with Crippen molar-refractivity contribution < 1.29 is 4.74 Å². The summed E-state index contributed by atoms with van der Waals surface area (Å²) < 4.78 is 5.26. The Bertz CT molecular complexity index is 570. The Morgan fingerprint density at radius 3 is 3.06 bits per heavy atom. The number of allylic oxidation sites excluding steroid dienone is 1. The van der Waals surface area contributed by atoms with E-state index in [4.69, 9.17) is 4.74 Å². The van der Waals surface area contributed by atoms with E-state index >= 15 is 0 Å². The zero-order valence-corrected chi connectivity index (χ0v) is 10.4. The molecule has 1 aromatic carbocycles. The van der Waals surface area contributed by atoms with Crippen LogP contribution in [0.3, 0.4) is 0 Å². The highest BCUT2D eigenvalue weighted by Gasteiger charge is 2.12. The van der Waals surface area contributed by atoms with E-state index in [1.54, 1.807) is 13.4 Å². The number of fused-ring (bicyclic) bond motifs is 1. The van der Waals surface area contributed by atoms with E-state index in [1.165, 1.54) is 16.7 Å². The molecule has 18 heavy (non-hydrogen) atoms. The lowest BCUT2D eigenvalue weighted by Crippen LogP contribution is -2.02. The van der Waals surface area contributed by atoms with E-state index in [1.807, 2.05) is 12.3 Å². The number of benzene rings is 1. The second-order valence-corrected chi connectivity index (χ2v) is 4.60. The normalized spacial score (nSPS) is 13.9. The van der Waals surface area contributed by atoms with Crippen LogP contribution in [0.4, 0.5) is 0 Å².